The zero-order chi connectivity index (χ0) is 13.8. The first-order valence-corrected chi connectivity index (χ1v) is 6.55. The SMILES string of the molecule is CC(O)CN1CCN(c2ccccc2C(=O)O)CC1. The van der Waals surface area contributed by atoms with Crippen LogP contribution in [-0.4, -0.2) is 59.9 Å². The van der Waals surface area contributed by atoms with Crippen LogP contribution in [-0.2, 0) is 0 Å². The van der Waals surface area contributed by atoms with Gasteiger partial charge in [0.15, 0.2) is 0 Å². The van der Waals surface area contributed by atoms with Crippen molar-refractivity contribution in [2.24, 2.45) is 0 Å². The minimum absolute atomic E-state index is 0.321. The molecule has 2 rings (SSSR count). The summed E-state index contributed by atoms with van der Waals surface area (Å²) in [7, 11) is 0. The maximum absolute atomic E-state index is 11.2. The van der Waals surface area contributed by atoms with E-state index in [4.69, 9.17) is 0 Å². The molecule has 5 nitrogen and oxygen atoms in total. The number of aliphatic hydroxyl groups excluding tert-OH is 1. The number of nitrogens with zero attached hydrogens (tertiary/aromatic N) is 2. The second kappa shape index (κ2) is 6.04. The van der Waals surface area contributed by atoms with Gasteiger partial charge in [0, 0.05) is 32.7 Å². The van der Waals surface area contributed by atoms with Gasteiger partial charge in [-0.1, -0.05) is 12.1 Å². The van der Waals surface area contributed by atoms with E-state index in [1.807, 2.05) is 12.1 Å². The number of anilines is 1. The summed E-state index contributed by atoms with van der Waals surface area (Å²) in [6.45, 7) is 5.73. The second-order valence-electron chi connectivity index (χ2n) is 4.96. The smallest absolute Gasteiger partial charge is 0.337 e. The predicted molar refractivity (Wildman–Crippen MR) is 73.7 cm³/mol. The number of rotatable bonds is 4. The number of hydrogen-bond acceptors (Lipinski definition) is 4. The Morgan fingerprint density at radius 2 is 1.89 bits per heavy atom. The van der Waals surface area contributed by atoms with E-state index in [-0.39, 0.29) is 6.10 Å². The molecule has 0 spiro atoms. The van der Waals surface area contributed by atoms with Gasteiger partial charge in [0.1, 0.15) is 0 Å². The highest BCUT2D eigenvalue weighted by atomic mass is 16.4. The Bertz CT molecular complexity index is 440. The molecular formula is C14H20N2O3. The van der Waals surface area contributed by atoms with Crippen LogP contribution in [0.3, 0.4) is 0 Å². The molecule has 0 radical (unpaired) electrons. The third-order valence-electron chi connectivity index (χ3n) is 3.37. The molecule has 0 aromatic heterocycles. The van der Waals surface area contributed by atoms with E-state index in [0.29, 0.717) is 12.1 Å². The highest BCUT2D eigenvalue weighted by Gasteiger charge is 2.21. The van der Waals surface area contributed by atoms with Crippen molar-refractivity contribution in [1.29, 1.82) is 0 Å². The molecule has 1 aliphatic heterocycles. The number of β-amino-alcohol motifs (C(OH)–C–C–N with tert-alkyl or cyclic N) is 1. The molecule has 1 aromatic rings. The summed E-state index contributed by atoms with van der Waals surface area (Å²) >= 11 is 0. The molecule has 0 bridgehead atoms. The third kappa shape index (κ3) is 3.45. The fourth-order valence-electron chi connectivity index (χ4n) is 2.48. The predicted octanol–water partition coefficient (Wildman–Crippen LogP) is 0.888. The average molecular weight is 264 g/mol. The largest absolute Gasteiger partial charge is 0.478 e. The normalized spacial score (nSPS) is 18.3. The van der Waals surface area contributed by atoms with Crippen molar-refractivity contribution in [2.75, 3.05) is 37.6 Å². The lowest BCUT2D eigenvalue weighted by Gasteiger charge is -2.37. The van der Waals surface area contributed by atoms with Crippen LogP contribution < -0.4 is 4.90 Å². The number of aliphatic hydroxyl groups is 1. The van der Waals surface area contributed by atoms with Crippen LogP contribution in [0.1, 0.15) is 17.3 Å². The fraction of sp³-hybridized carbons (Fsp3) is 0.500. The molecule has 5 heteroatoms. The van der Waals surface area contributed by atoms with Gasteiger partial charge in [-0.15, -0.1) is 0 Å². The number of piperazine rings is 1. The number of aromatic carboxylic acids is 1. The van der Waals surface area contributed by atoms with E-state index in [2.05, 4.69) is 9.80 Å². The Morgan fingerprint density at radius 1 is 1.26 bits per heavy atom. The molecule has 1 unspecified atom stereocenters. The minimum atomic E-state index is -0.887. The first kappa shape index (κ1) is 13.8. The summed E-state index contributed by atoms with van der Waals surface area (Å²) in [5, 5.41) is 18.6. The van der Waals surface area contributed by atoms with Crippen molar-refractivity contribution < 1.29 is 15.0 Å². The molecule has 1 fully saturated rings. The van der Waals surface area contributed by atoms with Crippen LogP contribution in [0.15, 0.2) is 24.3 Å². The zero-order valence-corrected chi connectivity index (χ0v) is 11.1. The van der Waals surface area contributed by atoms with Crippen LogP contribution in [0.2, 0.25) is 0 Å². The quantitative estimate of drug-likeness (QED) is 0.845. The monoisotopic (exact) mass is 264 g/mol. The Morgan fingerprint density at radius 3 is 2.47 bits per heavy atom. The summed E-state index contributed by atoms with van der Waals surface area (Å²) < 4.78 is 0. The van der Waals surface area contributed by atoms with Gasteiger partial charge in [-0.3, -0.25) is 4.90 Å². The third-order valence-corrected chi connectivity index (χ3v) is 3.37. The van der Waals surface area contributed by atoms with Gasteiger partial charge >= 0.3 is 5.97 Å². The lowest BCUT2D eigenvalue weighted by Crippen LogP contribution is -2.48. The van der Waals surface area contributed by atoms with Crippen molar-refractivity contribution in [3.05, 3.63) is 29.8 Å². The van der Waals surface area contributed by atoms with Crippen molar-refractivity contribution >= 4 is 11.7 Å². The zero-order valence-electron chi connectivity index (χ0n) is 11.1. The van der Waals surface area contributed by atoms with Gasteiger partial charge in [-0.2, -0.15) is 0 Å². The molecule has 19 heavy (non-hydrogen) atoms. The lowest BCUT2D eigenvalue weighted by atomic mass is 10.1. The number of carboxylic acid groups (broad SMARTS) is 1. The average Bonchev–Trinajstić information content (AvgIpc) is 2.39. The maximum atomic E-state index is 11.2. The van der Waals surface area contributed by atoms with Crippen molar-refractivity contribution in [3.8, 4) is 0 Å². The summed E-state index contributed by atoms with van der Waals surface area (Å²) in [4.78, 5) is 15.5. The molecular weight excluding hydrogens is 244 g/mol. The number of carboxylic acids is 1. The topological polar surface area (TPSA) is 64.0 Å². The van der Waals surface area contributed by atoms with Gasteiger partial charge in [-0.25, -0.2) is 4.79 Å². The number of hydrogen-bond donors (Lipinski definition) is 2. The van der Waals surface area contributed by atoms with E-state index in [0.717, 1.165) is 31.9 Å². The van der Waals surface area contributed by atoms with Gasteiger partial charge in [0.05, 0.1) is 17.4 Å². The van der Waals surface area contributed by atoms with Crippen LogP contribution >= 0.6 is 0 Å². The first-order chi connectivity index (χ1) is 9.08. The maximum Gasteiger partial charge on any atom is 0.337 e. The lowest BCUT2D eigenvalue weighted by molar-refractivity contribution is 0.0697. The van der Waals surface area contributed by atoms with Crippen LogP contribution in [0.5, 0.6) is 0 Å². The van der Waals surface area contributed by atoms with E-state index < -0.39 is 5.97 Å². The van der Waals surface area contributed by atoms with Gasteiger partial charge in [-0.05, 0) is 19.1 Å². The Hall–Kier alpha value is -1.59. The summed E-state index contributed by atoms with van der Waals surface area (Å²) in [6, 6.07) is 7.11. The highest BCUT2D eigenvalue weighted by molar-refractivity contribution is 5.94. The van der Waals surface area contributed by atoms with E-state index >= 15 is 0 Å². The van der Waals surface area contributed by atoms with E-state index in [1.165, 1.54) is 0 Å². The highest BCUT2D eigenvalue weighted by Crippen LogP contribution is 2.21. The molecule has 0 aliphatic carbocycles. The molecule has 1 aliphatic rings. The van der Waals surface area contributed by atoms with Crippen molar-refractivity contribution in [2.45, 2.75) is 13.0 Å². The molecule has 0 amide bonds. The Balaban J connectivity index is 2.04. The van der Waals surface area contributed by atoms with Crippen LogP contribution in [0.25, 0.3) is 0 Å². The van der Waals surface area contributed by atoms with Crippen LogP contribution in [0, 0.1) is 0 Å². The number of benzene rings is 1. The first-order valence-electron chi connectivity index (χ1n) is 6.55. The molecule has 1 saturated heterocycles. The minimum Gasteiger partial charge on any atom is -0.478 e. The molecule has 2 N–H and O–H groups in total. The van der Waals surface area contributed by atoms with Gasteiger partial charge in [0.2, 0.25) is 0 Å². The second-order valence-corrected chi connectivity index (χ2v) is 4.96. The molecule has 1 atom stereocenters. The Labute approximate surface area is 113 Å². The molecule has 1 aromatic carbocycles. The van der Waals surface area contributed by atoms with Crippen LogP contribution in [0.4, 0.5) is 5.69 Å². The van der Waals surface area contributed by atoms with Crippen molar-refractivity contribution in [3.63, 3.8) is 0 Å². The fourth-order valence-corrected chi connectivity index (χ4v) is 2.48. The summed E-state index contributed by atoms with van der Waals surface area (Å²) in [5.74, 6) is -0.887. The number of carbonyl (C=O) groups is 1. The van der Waals surface area contributed by atoms with E-state index in [9.17, 15) is 15.0 Å². The standard InChI is InChI=1S/C14H20N2O3/c1-11(17)10-15-6-8-16(9-7-15)13-5-3-2-4-12(13)14(18)19/h2-5,11,17H,6-10H2,1H3,(H,18,19). The molecule has 0 saturated carbocycles. The van der Waals surface area contributed by atoms with E-state index in [1.54, 1.807) is 19.1 Å². The summed E-state index contributed by atoms with van der Waals surface area (Å²) in [5.41, 5.74) is 1.14. The molecule has 104 valence electrons. The van der Waals surface area contributed by atoms with Gasteiger partial charge in [0.25, 0.3) is 0 Å². The van der Waals surface area contributed by atoms with Gasteiger partial charge < -0.3 is 15.1 Å². The van der Waals surface area contributed by atoms with Crippen molar-refractivity contribution in [1.82, 2.24) is 4.90 Å². The summed E-state index contributed by atoms with van der Waals surface area (Å²) in [6.07, 6.45) is -0.321. The molecule has 1 heterocycles. The number of para-hydroxylation sites is 1. The Kier molecular flexibility index (Phi) is 4.39.